The Morgan fingerprint density at radius 3 is 2.93 bits per heavy atom. The van der Waals surface area contributed by atoms with Crippen LogP contribution in [0.3, 0.4) is 0 Å². The van der Waals surface area contributed by atoms with Crippen LogP contribution in [0.5, 0.6) is 5.88 Å². The van der Waals surface area contributed by atoms with Gasteiger partial charge < -0.3 is 15.4 Å². The summed E-state index contributed by atoms with van der Waals surface area (Å²) < 4.78 is 7.58. The summed E-state index contributed by atoms with van der Waals surface area (Å²) in [4.78, 5) is 28.4. The van der Waals surface area contributed by atoms with E-state index in [1.807, 2.05) is 4.68 Å². The fraction of sp³-hybridized carbons (Fsp3) is 0.500. The summed E-state index contributed by atoms with van der Waals surface area (Å²) in [5.74, 6) is 0.813. The van der Waals surface area contributed by atoms with Crippen molar-refractivity contribution in [3.05, 3.63) is 23.5 Å². The van der Waals surface area contributed by atoms with Gasteiger partial charge in [0.25, 0.3) is 0 Å². The van der Waals surface area contributed by atoms with Crippen molar-refractivity contribution < 1.29 is 14.3 Å². The third-order valence-electron chi connectivity index (χ3n) is 5.39. The zero-order valence-electron chi connectivity index (χ0n) is 16.3. The van der Waals surface area contributed by atoms with Crippen LogP contribution in [0.25, 0.3) is 11.1 Å². The van der Waals surface area contributed by atoms with Crippen molar-refractivity contribution in [1.82, 2.24) is 20.1 Å². The molecule has 2 aromatic rings. The summed E-state index contributed by atoms with van der Waals surface area (Å²) in [6.45, 7) is 2.95. The van der Waals surface area contributed by atoms with Gasteiger partial charge >= 0.3 is 0 Å². The zero-order valence-corrected chi connectivity index (χ0v) is 17.0. The molecule has 2 aliphatic rings. The van der Waals surface area contributed by atoms with Crippen LogP contribution >= 0.6 is 11.6 Å². The van der Waals surface area contributed by atoms with E-state index in [9.17, 15) is 9.59 Å². The maximum Gasteiger partial charge on any atom is 0.228 e. The number of amides is 2. The van der Waals surface area contributed by atoms with E-state index < -0.39 is 0 Å². The molecule has 9 heteroatoms. The molecule has 4 rings (SSSR count). The van der Waals surface area contributed by atoms with Gasteiger partial charge in [-0.3, -0.25) is 9.59 Å². The van der Waals surface area contributed by atoms with Gasteiger partial charge in [-0.15, -0.1) is 0 Å². The number of aromatic nitrogens is 3. The number of rotatable bonds is 4. The number of carbonyl (C=O) groups is 2. The Kier molecular flexibility index (Phi) is 5.71. The van der Waals surface area contributed by atoms with Crippen molar-refractivity contribution in [3.8, 4) is 17.0 Å². The minimum Gasteiger partial charge on any atom is -0.477 e. The number of aryl methyl sites for hydroxylation is 1. The van der Waals surface area contributed by atoms with Gasteiger partial charge in [0.1, 0.15) is 5.82 Å². The molecular formula is C20H24ClN5O3. The van der Waals surface area contributed by atoms with Gasteiger partial charge in [0.05, 0.1) is 23.4 Å². The third kappa shape index (κ3) is 4.37. The van der Waals surface area contributed by atoms with Crippen molar-refractivity contribution >= 4 is 29.2 Å². The van der Waals surface area contributed by atoms with Crippen LogP contribution in [-0.4, -0.2) is 39.2 Å². The van der Waals surface area contributed by atoms with Crippen LogP contribution in [-0.2, 0) is 16.1 Å². The summed E-state index contributed by atoms with van der Waals surface area (Å²) in [5, 5.41) is 10.7. The monoisotopic (exact) mass is 417 g/mol. The highest BCUT2D eigenvalue weighted by molar-refractivity contribution is 6.33. The van der Waals surface area contributed by atoms with Crippen molar-refractivity contribution in [2.24, 2.45) is 5.92 Å². The fourth-order valence-corrected chi connectivity index (χ4v) is 4.25. The van der Waals surface area contributed by atoms with E-state index in [1.165, 1.54) is 13.1 Å². The normalized spacial score (nSPS) is 21.0. The average Bonchev–Trinajstić information content (AvgIpc) is 3.13. The Bertz CT molecular complexity index is 929. The molecule has 1 unspecified atom stereocenters. The molecule has 0 saturated heterocycles. The lowest BCUT2D eigenvalue weighted by atomic mass is 9.85. The van der Waals surface area contributed by atoms with E-state index in [4.69, 9.17) is 16.3 Å². The third-order valence-corrected chi connectivity index (χ3v) is 5.69. The standard InChI is InChI=1S/C20H24ClN5O3/c1-12(27)24-14-5-2-4-13(8-14)19(28)25-18-9-15(17(21)11-22-18)16-10-23-26-6-3-7-29-20(16)26/h9-11,13-14H,2-8H2,1H3,(H,24,27)(H,22,25,28)/t13-,14?/m1/s1. The van der Waals surface area contributed by atoms with E-state index in [1.54, 1.807) is 12.3 Å². The van der Waals surface area contributed by atoms with Crippen molar-refractivity contribution in [3.63, 3.8) is 0 Å². The predicted molar refractivity (Wildman–Crippen MR) is 109 cm³/mol. The Morgan fingerprint density at radius 2 is 2.10 bits per heavy atom. The number of carbonyl (C=O) groups excluding carboxylic acids is 2. The quantitative estimate of drug-likeness (QED) is 0.796. The van der Waals surface area contributed by atoms with Gasteiger partial charge in [0.2, 0.25) is 17.7 Å². The molecule has 1 aliphatic heterocycles. The second-order valence-corrected chi connectivity index (χ2v) is 8.00. The fourth-order valence-electron chi connectivity index (χ4n) is 4.04. The van der Waals surface area contributed by atoms with E-state index in [-0.39, 0.29) is 23.8 Å². The maximum absolute atomic E-state index is 12.8. The molecule has 1 saturated carbocycles. The molecule has 1 aliphatic carbocycles. The van der Waals surface area contributed by atoms with E-state index in [2.05, 4.69) is 20.7 Å². The number of ether oxygens (including phenoxy) is 1. The van der Waals surface area contributed by atoms with Gasteiger partial charge in [-0.1, -0.05) is 18.0 Å². The summed E-state index contributed by atoms with van der Waals surface area (Å²) in [6.07, 6.45) is 7.42. The highest BCUT2D eigenvalue weighted by Crippen LogP contribution is 2.37. The smallest absolute Gasteiger partial charge is 0.228 e. The molecular weight excluding hydrogens is 394 g/mol. The Labute approximate surface area is 174 Å². The molecule has 1 fully saturated rings. The van der Waals surface area contributed by atoms with Crippen LogP contribution in [0, 0.1) is 5.92 Å². The molecule has 154 valence electrons. The molecule has 2 aromatic heterocycles. The van der Waals surface area contributed by atoms with Crippen molar-refractivity contribution in [2.45, 2.75) is 51.6 Å². The first-order valence-electron chi connectivity index (χ1n) is 9.93. The van der Waals surface area contributed by atoms with Crippen LogP contribution in [0.1, 0.15) is 39.0 Å². The van der Waals surface area contributed by atoms with Crippen molar-refractivity contribution in [2.75, 3.05) is 11.9 Å². The number of pyridine rings is 1. The Morgan fingerprint density at radius 1 is 1.24 bits per heavy atom. The second-order valence-electron chi connectivity index (χ2n) is 7.59. The average molecular weight is 418 g/mol. The second kappa shape index (κ2) is 8.41. The Balaban J connectivity index is 1.50. The van der Waals surface area contributed by atoms with Gasteiger partial charge in [0, 0.05) is 43.6 Å². The van der Waals surface area contributed by atoms with Gasteiger partial charge in [-0.25, -0.2) is 9.67 Å². The predicted octanol–water partition coefficient (Wildman–Crippen LogP) is 3.01. The van der Waals surface area contributed by atoms with Gasteiger partial charge in [-0.05, 0) is 25.3 Å². The lowest BCUT2D eigenvalue weighted by Crippen LogP contribution is -2.40. The van der Waals surface area contributed by atoms with E-state index in [0.717, 1.165) is 43.4 Å². The highest BCUT2D eigenvalue weighted by Gasteiger charge is 2.28. The van der Waals surface area contributed by atoms with Crippen LogP contribution < -0.4 is 15.4 Å². The van der Waals surface area contributed by atoms with Crippen LogP contribution in [0.15, 0.2) is 18.5 Å². The van der Waals surface area contributed by atoms with Gasteiger partial charge in [-0.2, -0.15) is 5.10 Å². The number of hydrogen-bond donors (Lipinski definition) is 2. The maximum atomic E-state index is 12.8. The molecule has 0 aromatic carbocycles. The van der Waals surface area contributed by atoms with E-state index >= 15 is 0 Å². The topological polar surface area (TPSA) is 98.1 Å². The lowest BCUT2D eigenvalue weighted by Gasteiger charge is -2.28. The number of fused-ring (bicyclic) bond motifs is 1. The number of anilines is 1. The molecule has 0 bridgehead atoms. The molecule has 2 amide bonds. The number of halogens is 1. The molecule has 8 nitrogen and oxygen atoms in total. The summed E-state index contributed by atoms with van der Waals surface area (Å²) in [5.41, 5.74) is 1.51. The first-order chi connectivity index (χ1) is 14.0. The molecule has 3 heterocycles. The molecule has 2 N–H and O–H groups in total. The zero-order chi connectivity index (χ0) is 20.4. The first kappa shape index (κ1) is 19.7. The molecule has 0 spiro atoms. The SMILES string of the molecule is CC(=O)NC1CCC[C@@H](C(=O)Nc2cc(-c3cnn4c3OCCC4)c(Cl)cn2)C1. The molecule has 2 atom stereocenters. The summed E-state index contributed by atoms with van der Waals surface area (Å²) >= 11 is 6.37. The molecule has 0 radical (unpaired) electrons. The van der Waals surface area contributed by atoms with Crippen LogP contribution in [0.4, 0.5) is 5.82 Å². The molecule has 29 heavy (non-hydrogen) atoms. The van der Waals surface area contributed by atoms with Crippen molar-refractivity contribution in [1.29, 1.82) is 0 Å². The van der Waals surface area contributed by atoms with Gasteiger partial charge in [0.15, 0.2) is 0 Å². The largest absolute Gasteiger partial charge is 0.477 e. The lowest BCUT2D eigenvalue weighted by molar-refractivity contribution is -0.123. The van der Waals surface area contributed by atoms with Crippen LogP contribution in [0.2, 0.25) is 5.02 Å². The highest BCUT2D eigenvalue weighted by atomic mass is 35.5. The minimum atomic E-state index is -0.159. The number of nitrogens with one attached hydrogen (secondary N) is 2. The number of hydrogen-bond acceptors (Lipinski definition) is 5. The van der Waals surface area contributed by atoms with E-state index in [0.29, 0.717) is 29.7 Å². The summed E-state index contributed by atoms with van der Waals surface area (Å²) in [7, 11) is 0. The first-order valence-corrected chi connectivity index (χ1v) is 10.3. The summed E-state index contributed by atoms with van der Waals surface area (Å²) in [6, 6.07) is 1.80. The number of nitrogens with zero attached hydrogens (tertiary/aromatic N) is 3. The minimum absolute atomic E-state index is 0.0434. The Hall–Kier alpha value is -2.61.